The van der Waals surface area contributed by atoms with E-state index in [1.165, 1.54) is 19.3 Å². The van der Waals surface area contributed by atoms with Gasteiger partial charge in [0.1, 0.15) is 5.75 Å². The van der Waals surface area contributed by atoms with Crippen molar-refractivity contribution < 1.29 is 9.53 Å². The molecule has 0 unspecified atom stereocenters. The van der Waals surface area contributed by atoms with Crippen LogP contribution in [0.4, 0.5) is 0 Å². The zero-order chi connectivity index (χ0) is 18.9. The lowest BCUT2D eigenvalue weighted by Crippen LogP contribution is -2.07. The molecule has 140 valence electrons. The lowest BCUT2D eigenvalue weighted by Gasteiger charge is -2.14. The molecule has 26 heavy (non-hydrogen) atoms. The van der Waals surface area contributed by atoms with Crippen LogP contribution in [-0.4, -0.2) is 12.9 Å². The summed E-state index contributed by atoms with van der Waals surface area (Å²) in [5.74, 6) is 2.34. The molecule has 0 spiro atoms. The van der Waals surface area contributed by atoms with E-state index in [0.717, 1.165) is 35.6 Å². The summed E-state index contributed by atoms with van der Waals surface area (Å²) in [7, 11) is 1.63. The van der Waals surface area contributed by atoms with E-state index in [2.05, 4.69) is 26.8 Å². The fraction of sp³-hybridized carbons (Fsp3) is 0.458. The van der Waals surface area contributed by atoms with Crippen LogP contribution in [0.2, 0.25) is 0 Å². The topological polar surface area (TPSA) is 26.3 Å². The van der Waals surface area contributed by atoms with E-state index < -0.39 is 0 Å². The molecule has 2 nitrogen and oxygen atoms in total. The summed E-state index contributed by atoms with van der Waals surface area (Å²) in [6.07, 6.45) is 5.96. The van der Waals surface area contributed by atoms with Gasteiger partial charge in [0.05, 0.1) is 7.11 Å². The summed E-state index contributed by atoms with van der Waals surface area (Å²) < 4.78 is 5.18. The van der Waals surface area contributed by atoms with Crippen LogP contribution in [0.1, 0.15) is 67.9 Å². The summed E-state index contributed by atoms with van der Waals surface area (Å²) in [4.78, 5) is 12.9. The van der Waals surface area contributed by atoms with Gasteiger partial charge in [-0.1, -0.05) is 64.3 Å². The van der Waals surface area contributed by atoms with Crippen LogP contribution in [0, 0.1) is 11.8 Å². The van der Waals surface area contributed by atoms with Gasteiger partial charge in [-0.3, -0.25) is 4.79 Å². The lowest BCUT2D eigenvalue weighted by atomic mass is 9.91. The number of rotatable bonds is 10. The zero-order valence-corrected chi connectivity index (χ0v) is 16.6. The van der Waals surface area contributed by atoms with E-state index in [0.29, 0.717) is 11.5 Å². The summed E-state index contributed by atoms with van der Waals surface area (Å²) in [6, 6.07) is 15.4. The molecule has 0 radical (unpaired) electrons. The summed E-state index contributed by atoms with van der Waals surface area (Å²) in [5, 5.41) is 0. The highest BCUT2D eigenvalue weighted by Crippen LogP contribution is 2.22. The number of benzene rings is 2. The molecule has 0 N–H and O–H groups in total. The molecule has 0 fully saturated rings. The Bertz CT molecular complexity index is 686. The molecule has 2 aromatic carbocycles. The number of aryl methyl sites for hydroxylation is 1. The highest BCUT2D eigenvalue weighted by atomic mass is 16.5. The molecule has 2 rings (SSSR count). The van der Waals surface area contributed by atoms with Gasteiger partial charge in [-0.05, 0) is 54.5 Å². The third-order valence-corrected chi connectivity index (χ3v) is 5.00. The van der Waals surface area contributed by atoms with Gasteiger partial charge in [-0.15, -0.1) is 0 Å². The number of ketones is 1. The Balaban J connectivity index is 2.01. The number of hydrogen-bond acceptors (Lipinski definition) is 2. The lowest BCUT2D eigenvalue weighted by molar-refractivity contribution is 0.103. The SMILES string of the molecule is COc1ccc(C(=O)c2ccccc2CC[C@H](C)CCCC(C)C)cc1. The second-order valence-electron chi connectivity index (χ2n) is 7.68. The first-order valence-electron chi connectivity index (χ1n) is 9.78. The van der Waals surface area contributed by atoms with E-state index in [4.69, 9.17) is 4.74 Å². The highest BCUT2D eigenvalue weighted by molar-refractivity contribution is 6.09. The van der Waals surface area contributed by atoms with Gasteiger partial charge < -0.3 is 4.74 Å². The van der Waals surface area contributed by atoms with E-state index in [1.54, 1.807) is 7.11 Å². The van der Waals surface area contributed by atoms with Gasteiger partial charge in [0.15, 0.2) is 5.78 Å². The van der Waals surface area contributed by atoms with Crippen molar-refractivity contribution in [1.82, 2.24) is 0 Å². The molecule has 1 atom stereocenters. The Morgan fingerprint density at radius 2 is 1.62 bits per heavy atom. The van der Waals surface area contributed by atoms with Crippen molar-refractivity contribution in [3.63, 3.8) is 0 Å². The molecule has 0 aliphatic heterocycles. The van der Waals surface area contributed by atoms with Crippen molar-refractivity contribution in [2.75, 3.05) is 7.11 Å². The van der Waals surface area contributed by atoms with Crippen LogP contribution in [0.3, 0.4) is 0 Å². The van der Waals surface area contributed by atoms with Gasteiger partial charge >= 0.3 is 0 Å². The standard InChI is InChI=1S/C24H32O2/c1-18(2)8-7-9-19(3)12-13-20-10-5-6-11-23(20)24(25)21-14-16-22(26-4)17-15-21/h5-6,10-11,14-19H,7-9,12-13H2,1-4H3/t19-/m1/s1. The summed E-state index contributed by atoms with van der Waals surface area (Å²) >= 11 is 0. The second kappa shape index (κ2) is 10.2. The fourth-order valence-electron chi connectivity index (χ4n) is 3.28. The predicted molar refractivity (Wildman–Crippen MR) is 109 cm³/mol. The van der Waals surface area contributed by atoms with E-state index in [9.17, 15) is 4.79 Å². The minimum absolute atomic E-state index is 0.0933. The highest BCUT2D eigenvalue weighted by Gasteiger charge is 2.14. The fourth-order valence-corrected chi connectivity index (χ4v) is 3.28. The Labute approximate surface area is 158 Å². The maximum absolute atomic E-state index is 12.9. The maximum atomic E-state index is 12.9. The van der Waals surface area contributed by atoms with Crippen molar-refractivity contribution in [1.29, 1.82) is 0 Å². The largest absolute Gasteiger partial charge is 0.497 e. The molecule has 2 aromatic rings. The van der Waals surface area contributed by atoms with Crippen LogP contribution < -0.4 is 4.74 Å². The van der Waals surface area contributed by atoms with Crippen LogP contribution in [0.25, 0.3) is 0 Å². The molecular weight excluding hydrogens is 320 g/mol. The first-order chi connectivity index (χ1) is 12.5. The van der Waals surface area contributed by atoms with Gasteiger partial charge in [-0.25, -0.2) is 0 Å². The Morgan fingerprint density at radius 1 is 0.923 bits per heavy atom. The number of ether oxygens (including phenoxy) is 1. The van der Waals surface area contributed by atoms with Crippen LogP contribution in [0.5, 0.6) is 5.75 Å². The van der Waals surface area contributed by atoms with Gasteiger partial charge in [0.25, 0.3) is 0 Å². The summed E-state index contributed by atoms with van der Waals surface area (Å²) in [6.45, 7) is 6.89. The third-order valence-electron chi connectivity index (χ3n) is 5.00. The first kappa shape index (κ1) is 20.2. The molecule has 0 saturated heterocycles. The smallest absolute Gasteiger partial charge is 0.193 e. The van der Waals surface area contributed by atoms with Crippen LogP contribution in [-0.2, 0) is 6.42 Å². The van der Waals surface area contributed by atoms with Crippen molar-refractivity contribution in [2.45, 2.75) is 52.9 Å². The number of carbonyl (C=O) groups is 1. The molecule has 0 aromatic heterocycles. The van der Waals surface area contributed by atoms with Crippen molar-refractivity contribution in [3.8, 4) is 5.75 Å². The van der Waals surface area contributed by atoms with Gasteiger partial charge in [-0.2, -0.15) is 0 Å². The Hall–Kier alpha value is -2.09. The van der Waals surface area contributed by atoms with Crippen LogP contribution in [0.15, 0.2) is 48.5 Å². The molecule has 2 heteroatoms. The Kier molecular flexibility index (Phi) is 7.90. The minimum Gasteiger partial charge on any atom is -0.497 e. The van der Waals surface area contributed by atoms with E-state index in [-0.39, 0.29) is 5.78 Å². The molecule has 0 bridgehead atoms. The average Bonchev–Trinajstić information content (AvgIpc) is 2.66. The number of hydrogen-bond donors (Lipinski definition) is 0. The first-order valence-corrected chi connectivity index (χ1v) is 9.78. The molecule has 0 aliphatic rings. The predicted octanol–water partition coefficient (Wildman–Crippen LogP) is 6.32. The second-order valence-corrected chi connectivity index (χ2v) is 7.68. The van der Waals surface area contributed by atoms with Crippen LogP contribution >= 0.6 is 0 Å². The Morgan fingerprint density at radius 3 is 2.27 bits per heavy atom. The number of carbonyl (C=O) groups excluding carboxylic acids is 1. The minimum atomic E-state index is 0.0933. The monoisotopic (exact) mass is 352 g/mol. The van der Waals surface area contributed by atoms with Crippen molar-refractivity contribution in [3.05, 3.63) is 65.2 Å². The van der Waals surface area contributed by atoms with Gasteiger partial charge in [0.2, 0.25) is 0 Å². The maximum Gasteiger partial charge on any atom is 0.193 e. The molecule has 0 aliphatic carbocycles. The molecular formula is C24H32O2. The average molecular weight is 353 g/mol. The van der Waals surface area contributed by atoms with Crippen molar-refractivity contribution in [2.24, 2.45) is 11.8 Å². The molecule has 0 saturated carbocycles. The quantitative estimate of drug-likeness (QED) is 0.468. The molecule has 0 amide bonds. The zero-order valence-electron chi connectivity index (χ0n) is 16.6. The van der Waals surface area contributed by atoms with Gasteiger partial charge in [0, 0.05) is 11.1 Å². The van der Waals surface area contributed by atoms with E-state index >= 15 is 0 Å². The normalized spacial score (nSPS) is 12.2. The van der Waals surface area contributed by atoms with Crippen molar-refractivity contribution >= 4 is 5.78 Å². The molecule has 0 heterocycles. The third kappa shape index (κ3) is 6.01. The summed E-state index contributed by atoms with van der Waals surface area (Å²) in [5.41, 5.74) is 2.69. The number of methoxy groups -OCH3 is 1. The van der Waals surface area contributed by atoms with E-state index in [1.807, 2.05) is 42.5 Å².